The molecule has 2 aliphatic heterocycles. The van der Waals surface area contributed by atoms with Crippen molar-refractivity contribution in [3.63, 3.8) is 0 Å². The normalized spacial score (nSPS) is 22.2. The second-order valence-electron chi connectivity index (χ2n) is 8.92. The first-order valence-corrected chi connectivity index (χ1v) is 13.6. The third kappa shape index (κ3) is 6.71. The van der Waals surface area contributed by atoms with E-state index in [2.05, 4.69) is 18.7 Å². The minimum Gasteiger partial charge on any atom is -0.464 e. The van der Waals surface area contributed by atoms with Crippen molar-refractivity contribution in [3.05, 3.63) is 71.3 Å². The number of benzene rings is 2. The Hall–Kier alpha value is -2.32. The molecule has 8 heteroatoms. The van der Waals surface area contributed by atoms with Crippen molar-refractivity contribution in [1.29, 1.82) is 0 Å². The molecule has 0 aromatic heterocycles. The Morgan fingerprint density at radius 3 is 2.72 bits per heavy atom. The van der Waals surface area contributed by atoms with E-state index in [9.17, 15) is 9.59 Å². The summed E-state index contributed by atoms with van der Waals surface area (Å²) >= 11 is 8.12. The van der Waals surface area contributed by atoms with Crippen LogP contribution >= 0.6 is 23.4 Å². The zero-order chi connectivity index (χ0) is 25.5. The van der Waals surface area contributed by atoms with Crippen molar-refractivity contribution in [2.45, 2.75) is 55.1 Å². The minimum atomic E-state index is -0.569. The topological polar surface area (TPSA) is 65.1 Å². The number of carbonyl (C=O) groups excluding carboxylic acids is 2. The van der Waals surface area contributed by atoms with Gasteiger partial charge in [0.1, 0.15) is 11.5 Å². The highest BCUT2D eigenvalue weighted by molar-refractivity contribution is 8.00. The summed E-state index contributed by atoms with van der Waals surface area (Å²) in [7, 11) is 0. The number of piperidine rings is 1. The fourth-order valence-corrected chi connectivity index (χ4v) is 5.81. The molecule has 192 valence electrons. The van der Waals surface area contributed by atoms with Gasteiger partial charge in [-0.05, 0) is 49.4 Å². The van der Waals surface area contributed by atoms with Crippen LogP contribution in [0, 0.1) is 0 Å². The maximum absolute atomic E-state index is 13.3. The fourth-order valence-electron chi connectivity index (χ4n) is 4.52. The number of hydrogen-bond acceptors (Lipinski definition) is 6. The number of carbonyl (C=O) groups is 2. The Morgan fingerprint density at radius 1 is 1.17 bits per heavy atom. The highest BCUT2D eigenvalue weighted by atomic mass is 35.5. The molecule has 2 heterocycles. The Bertz CT molecular complexity index is 1080. The first-order valence-electron chi connectivity index (χ1n) is 12.4. The van der Waals surface area contributed by atoms with Crippen LogP contribution in [-0.4, -0.2) is 60.7 Å². The molecule has 2 saturated heterocycles. The van der Waals surface area contributed by atoms with Crippen molar-refractivity contribution < 1.29 is 23.8 Å². The first-order chi connectivity index (χ1) is 17.5. The minimum absolute atomic E-state index is 0.0222. The molecule has 0 radical (unpaired) electrons. The number of thioether (sulfide) groups is 1. The average Bonchev–Trinajstić information content (AvgIpc) is 2.90. The van der Waals surface area contributed by atoms with Crippen LogP contribution in [0.3, 0.4) is 0 Å². The Morgan fingerprint density at radius 2 is 1.97 bits per heavy atom. The van der Waals surface area contributed by atoms with Gasteiger partial charge in [0, 0.05) is 23.4 Å². The highest BCUT2D eigenvalue weighted by Crippen LogP contribution is 2.35. The van der Waals surface area contributed by atoms with Gasteiger partial charge in [0.05, 0.1) is 30.9 Å². The largest absolute Gasteiger partial charge is 0.464 e. The molecule has 1 amide bonds. The second-order valence-corrected chi connectivity index (χ2v) is 10.5. The fraction of sp³-hybridized carbons (Fsp3) is 0.429. The van der Waals surface area contributed by atoms with Gasteiger partial charge in [0.25, 0.3) is 5.91 Å². The quantitative estimate of drug-likeness (QED) is 0.338. The molecule has 36 heavy (non-hydrogen) atoms. The molecule has 0 aliphatic carbocycles. The third-order valence-corrected chi connectivity index (χ3v) is 7.87. The van der Waals surface area contributed by atoms with Crippen LogP contribution in [0.1, 0.15) is 37.3 Å². The van der Waals surface area contributed by atoms with Gasteiger partial charge in [-0.2, -0.15) is 0 Å². The van der Waals surface area contributed by atoms with Crippen molar-refractivity contribution in [2.24, 2.45) is 0 Å². The summed E-state index contributed by atoms with van der Waals surface area (Å²) in [6.07, 6.45) is 3.10. The van der Waals surface area contributed by atoms with Crippen LogP contribution in [-0.2, 0) is 30.2 Å². The Labute approximate surface area is 221 Å². The van der Waals surface area contributed by atoms with Gasteiger partial charge in [-0.15, -0.1) is 0 Å². The standard InChI is InChI=1S/C28H32ClNO5S/c1-3-34-28(32)24-11-7-8-14-30(24)27(31)19(2)21-12-13-25(23(29)16-21)36-26-18-33-17-22(35-26)15-20-9-5-4-6-10-20/h4-6,9-10,12-13,16,22,24,26H,2-3,7-8,11,14-15,17-18H2,1H3. The van der Waals surface area contributed by atoms with Gasteiger partial charge in [-0.3, -0.25) is 4.79 Å². The number of rotatable bonds is 8. The van der Waals surface area contributed by atoms with Gasteiger partial charge in [-0.1, -0.05) is 66.3 Å². The molecule has 3 atom stereocenters. The Balaban J connectivity index is 1.39. The maximum atomic E-state index is 13.3. The van der Waals surface area contributed by atoms with Crippen molar-refractivity contribution in [1.82, 2.24) is 4.90 Å². The molecule has 2 aromatic carbocycles. The van der Waals surface area contributed by atoms with Gasteiger partial charge in [-0.25, -0.2) is 4.79 Å². The van der Waals surface area contributed by atoms with Crippen LogP contribution in [0.4, 0.5) is 0 Å². The summed E-state index contributed by atoms with van der Waals surface area (Å²) in [6, 6.07) is 15.1. The molecule has 0 saturated carbocycles. The van der Waals surface area contributed by atoms with Crippen LogP contribution < -0.4 is 0 Å². The number of amides is 1. The summed E-state index contributed by atoms with van der Waals surface area (Å²) in [5, 5.41) is 0.515. The van der Waals surface area contributed by atoms with Gasteiger partial charge in [0.2, 0.25) is 0 Å². The van der Waals surface area contributed by atoms with E-state index >= 15 is 0 Å². The van der Waals surface area contributed by atoms with E-state index in [1.807, 2.05) is 30.3 Å². The number of halogens is 1. The molecule has 0 spiro atoms. The van der Waals surface area contributed by atoms with E-state index in [1.165, 1.54) is 17.3 Å². The van der Waals surface area contributed by atoms with Crippen LogP contribution in [0.5, 0.6) is 0 Å². The van der Waals surface area contributed by atoms with E-state index in [0.717, 1.165) is 24.2 Å². The molecule has 4 rings (SSSR count). The van der Waals surface area contributed by atoms with E-state index in [-0.39, 0.29) is 30.0 Å². The summed E-state index contributed by atoms with van der Waals surface area (Å²) < 4.78 is 17.2. The van der Waals surface area contributed by atoms with Crippen LogP contribution in [0.2, 0.25) is 5.02 Å². The number of nitrogens with zero attached hydrogens (tertiary/aromatic N) is 1. The predicted octanol–water partition coefficient (Wildman–Crippen LogP) is 5.37. The average molecular weight is 530 g/mol. The molecule has 3 unspecified atom stereocenters. The summed E-state index contributed by atoms with van der Waals surface area (Å²) in [6.45, 7) is 7.62. The molecule has 6 nitrogen and oxygen atoms in total. The third-order valence-electron chi connectivity index (χ3n) is 6.33. The van der Waals surface area contributed by atoms with E-state index in [1.54, 1.807) is 17.9 Å². The molecule has 2 aliphatic rings. The maximum Gasteiger partial charge on any atom is 0.328 e. The van der Waals surface area contributed by atoms with Crippen LogP contribution in [0.15, 0.2) is 60.0 Å². The van der Waals surface area contributed by atoms with Crippen molar-refractivity contribution in [2.75, 3.05) is 26.4 Å². The smallest absolute Gasteiger partial charge is 0.328 e. The highest BCUT2D eigenvalue weighted by Gasteiger charge is 2.34. The summed E-state index contributed by atoms with van der Waals surface area (Å²) in [4.78, 5) is 28.1. The molecule has 2 aromatic rings. The predicted molar refractivity (Wildman–Crippen MR) is 142 cm³/mol. The SMILES string of the molecule is C=C(C(=O)N1CCCCC1C(=O)OCC)c1ccc(SC2COCC(Cc3ccccc3)O2)c(Cl)c1. The van der Waals surface area contributed by atoms with Crippen LogP contribution in [0.25, 0.3) is 5.57 Å². The first kappa shape index (κ1) is 26.7. The zero-order valence-electron chi connectivity index (χ0n) is 20.5. The number of ether oxygens (including phenoxy) is 3. The zero-order valence-corrected chi connectivity index (χ0v) is 22.1. The van der Waals surface area contributed by atoms with E-state index in [4.69, 9.17) is 25.8 Å². The van der Waals surface area contributed by atoms with Gasteiger partial charge < -0.3 is 19.1 Å². The molecule has 0 bridgehead atoms. The van der Waals surface area contributed by atoms with E-state index in [0.29, 0.717) is 42.3 Å². The number of hydrogen-bond donors (Lipinski definition) is 0. The van der Waals surface area contributed by atoms with Crippen molar-refractivity contribution >= 4 is 40.8 Å². The lowest BCUT2D eigenvalue weighted by Gasteiger charge is -2.34. The molecular formula is C28H32ClNO5S. The second kappa shape index (κ2) is 12.8. The van der Waals surface area contributed by atoms with Gasteiger partial charge in [0.15, 0.2) is 0 Å². The molecular weight excluding hydrogens is 498 g/mol. The molecule has 2 fully saturated rings. The summed E-state index contributed by atoms with van der Waals surface area (Å²) in [5.41, 5.74) is 1.97. The van der Waals surface area contributed by atoms with Crippen molar-refractivity contribution in [3.8, 4) is 0 Å². The lowest BCUT2D eigenvalue weighted by Crippen LogP contribution is -2.48. The lowest BCUT2D eigenvalue weighted by atomic mass is 9.99. The number of esters is 1. The Kier molecular flexibility index (Phi) is 9.48. The lowest BCUT2D eigenvalue weighted by molar-refractivity contribution is -0.154. The number of likely N-dealkylation sites (tertiary alicyclic amines) is 1. The van der Waals surface area contributed by atoms with Gasteiger partial charge >= 0.3 is 5.97 Å². The monoisotopic (exact) mass is 529 g/mol. The van der Waals surface area contributed by atoms with E-state index < -0.39 is 6.04 Å². The molecule has 0 N–H and O–H groups in total. The summed E-state index contributed by atoms with van der Waals surface area (Å²) in [5.74, 6) is -0.625.